The molecule has 41 valence electrons. The molecule has 0 fully saturated rings. The third-order valence-electron chi connectivity index (χ3n) is 0.613. The van der Waals surface area contributed by atoms with Gasteiger partial charge in [0, 0.05) is 0 Å². The van der Waals surface area contributed by atoms with Crippen molar-refractivity contribution in [2.45, 2.75) is 13.3 Å². The molecular weight excluding hydrogens is 88.1 g/mol. The Morgan fingerprint density at radius 2 is 2.29 bits per heavy atom. The third-order valence-corrected chi connectivity index (χ3v) is 0.613. The Labute approximate surface area is 44.7 Å². The summed E-state index contributed by atoms with van der Waals surface area (Å²) in [5.74, 6) is 0. The maximum absolute atomic E-state index is 8.19. The number of hydrogen-bond acceptors (Lipinski definition) is 1. The molecule has 7 heavy (non-hydrogen) atoms. The maximum Gasteiger partial charge on any atom is 0.0612 e. The van der Waals surface area contributed by atoms with Crippen molar-refractivity contribution in [3.63, 3.8) is 0 Å². The summed E-state index contributed by atoms with van der Waals surface area (Å²) < 4.78 is 0. The molecule has 0 saturated carbocycles. The van der Waals surface area contributed by atoms with Crippen molar-refractivity contribution >= 4 is 0 Å². The average molecular weight is 99.2 g/mol. The second-order valence-corrected chi connectivity index (χ2v) is 1.25. The summed E-state index contributed by atoms with van der Waals surface area (Å²) in [6.07, 6.45) is 6.61. The van der Waals surface area contributed by atoms with E-state index in [1.54, 1.807) is 6.08 Å². The molecule has 0 bridgehead atoms. The minimum Gasteiger partial charge on any atom is -0.392 e. The van der Waals surface area contributed by atoms with Crippen LogP contribution in [0.15, 0.2) is 12.2 Å². The summed E-state index contributed by atoms with van der Waals surface area (Å²) in [5.41, 5.74) is 0. The second kappa shape index (κ2) is 5.70. The Hall–Kier alpha value is -0.300. The van der Waals surface area contributed by atoms with E-state index in [9.17, 15) is 0 Å². The lowest BCUT2D eigenvalue weighted by atomic mass is 10.3. The topological polar surface area (TPSA) is 20.2 Å². The van der Waals surface area contributed by atoms with Crippen molar-refractivity contribution < 1.29 is 5.11 Å². The van der Waals surface area contributed by atoms with Crippen LogP contribution in [-0.2, 0) is 0 Å². The molecule has 0 heterocycles. The Morgan fingerprint density at radius 3 is 2.71 bits per heavy atom. The van der Waals surface area contributed by atoms with Gasteiger partial charge in [0.05, 0.1) is 6.61 Å². The highest BCUT2D eigenvalue weighted by Crippen LogP contribution is 1.83. The summed E-state index contributed by atoms with van der Waals surface area (Å²) in [6.45, 7) is 2.21. The first-order valence-corrected chi connectivity index (χ1v) is 2.51. The van der Waals surface area contributed by atoms with Gasteiger partial charge in [-0.2, -0.15) is 0 Å². The van der Waals surface area contributed by atoms with Crippen LogP contribution in [0, 0.1) is 6.42 Å². The fraction of sp³-hybridized carbons (Fsp3) is 0.500. The van der Waals surface area contributed by atoms with E-state index in [4.69, 9.17) is 5.11 Å². The highest BCUT2D eigenvalue weighted by Gasteiger charge is 1.69. The largest absolute Gasteiger partial charge is 0.392 e. The number of rotatable bonds is 3. The van der Waals surface area contributed by atoms with Gasteiger partial charge in [0.25, 0.3) is 0 Å². The van der Waals surface area contributed by atoms with Gasteiger partial charge in [0.1, 0.15) is 0 Å². The molecule has 0 atom stereocenters. The van der Waals surface area contributed by atoms with E-state index in [0.29, 0.717) is 0 Å². The van der Waals surface area contributed by atoms with Gasteiger partial charge in [-0.15, -0.1) is 0 Å². The average Bonchev–Trinajstić information content (AvgIpc) is 1.69. The molecule has 0 aliphatic heterocycles. The summed E-state index contributed by atoms with van der Waals surface area (Å²) in [6, 6.07) is 0. The Bertz CT molecular complexity index is 48.1. The number of unbranched alkanes of at least 4 members (excludes halogenated alkanes) is 1. The van der Waals surface area contributed by atoms with E-state index >= 15 is 0 Å². The quantitative estimate of drug-likeness (QED) is 0.562. The first-order valence-electron chi connectivity index (χ1n) is 2.51. The molecule has 0 saturated heterocycles. The smallest absolute Gasteiger partial charge is 0.0612 e. The van der Waals surface area contributed by atoms with Crippen LogP contribution in [0.25, 0.3) is 0 Å². The van der Waals surface area contributed by atoms with E-state index in [1.807, 2.05) is 12.5 Å². The number of hydrogen-bond donors (Lipinski definition) is 1. The zero-order chi connectivity index (χ0) is 5.54. The van der Waals surface area contributed by atoms with Crippen LogP contribution < -0.4 is 0 Å². The Morgan fingerprint density at radius 1 is 1.57 bits per heavy atom. The zero-order valence-corrected chi connectivity index (χ0v) is 4.59. The monoisotopic (exact) mass is 99.1 g/mol. The van der Waals surface area contributed by atoms with Gasteiger partial charge in [-0.05, 0) is 12.8 Å². The van der Waals surface area contributed by atoms with Gasteiger partial charge in [-0.3, -0.25) is 0 Å². The summed E-state index contributed by atoms with van der Waals surface area (Å²) in [7, 11) is 0. The van der Waals surface area contributed by atoms with Gasteiger partial charge in [-0.25, -0.2) is 0 Å². The van der Waals surface area contributed by atoms with Crippen molar-refractivity contribution in [1.29, 1.82) is 0 Å². The highest BCUT2D eigenvalue weighted by atomic mass is 16.2. The third kappa shape index (κ3) is 5.70. The van der Waals surface area contributed by atoms with Crippen LogP contribution in [0.1, 0.15) is 13.3 Å². The van der Waals surface area contributed by atoms with E-state index in [1.165, 1.54) is 0 Å². The van der Waals surface area contributed by atoms with Crippen molar-refractivity contribution in [2.24, 2.45) is 0 Å². The van der Waals surface area contributed by atoms with Crippen molar-refractivity contribution in [3.05, 3.63) is 18.6 Å². The molecule has 0 aromatic rings. The standard InChI is InChI=1S/C6H11O/c1-2-3-4-5-6-7/h3-5,7H,2,6H2,1H3. The fourth-order valence-corrected chi connectivity index (χ4v) is 0.293. The molecule has 1 radical (unpaired) electrons. The van der Waals surface area contributed by atoms with Crippen LogP contribution in [0.2, 0.25) is 0 Å². The van der Waals surface area contributed by atoms with Gasteiger partial charge >= 0.3 is 0 Å². The minimum atomic E-state index is 0.149. The van der Waals surface area contributed by atoms with Crippen LogP contribution in [0.4, 0.5) is 0 Å². The van der Waals surface area contributed by atoms with Gasteiger partial charge in [0.2, 0.25) is 0 Å². The summed E-state index contributed by atoms with van der Waals surface area (Å²) >= 11 is 0. The molecule has 0 aliphatic rings. The zero-order valence-electron chi connectivity index (χ0n) is 4.59. The Balaban J connectivity index is 2.78. The molecule has 0 aromatic carbocycles. The van der Waals surface area contributed by atoms with Crippen LogP contribution in [0.5, 0.6) is 0 Å². The maximum atomic E-state index is 8.19. The number of aliphatic hydroxyl groups is 1. The molecule has 1 nitrogen and oxygen atoms in total. The molecular formula is C6H11O. The normalized spacial score (nSPS) is 10.6. The first-order chi connectivity index (χ1) is 3.41. The number of aliphatic hydroxyl groups excluding tert-OH is 1. The Kier molecular flexibility index (Phi) is 5.46. The van der Waals surface area contributed by atoms with Gasteiger partial charge in [0.15, 0.2) is 0 Å². The van der Waals surface area contributed by atoms with Crippen molar-refractivity contribution in [1.82, 2.24) is 0 Å². The molecule has 0 aromatic heterocycles. The lowest BCUT2D eigenvalue weighted by molar-refractivity contribution is 0.342. The molecule has 0 amide bonds. The van der Waals surface area contributed by atoms with E-state index in [0.717, 1.165) is 6.42 Å². The highest BCUT2D eigenvalue weighted by molar-refractivity contribution is 4.92. The molecule has 0 aliphatic carbocycles. The molecule has 0 spiro atoms. The van der Waals surface area contributed by atoms with Crippen molar-refractivity contribution in [2.75, 3.05) is 6.61 Å². The lowest BCUT2D eigenvalue weighted by Crippen LogP contribution is -1.70. The minimum absolute atomic E-state index is 0.149. The molecule has 0 rings (SSSR count). The summed E-state index contributed by atoms with van der Waals surface area (Å²) in [5, 5.41) is 8.19. The van der Waals surface area contributed by atoms with Crippen LogP contribution in [-0.4, -0.2) is 11.7 Å². The van der Waals surface area contributed by atoms with Crippen LogP contribution >= 0.6 is 0 Å². The summed E-state index contributed by atoms with van der Waals surface area (Å²) in [4.78, 5) is 0. The van der Waals surface area contributed by atoms with E-state index in [2.05, 4.69) is 6.92 Å². The molecule has 1 heteroatoms. The van der Waals surface area contributed by atoms with Gasteiger partial charge < -0.3 is 5.11 Å². The number of allylic oxidation sites excluding steroid dienone is 1. The fourth-order valence-electron chi connectivity index (χ4n) is 0.293. The lowest BCUT2D eigenvalue weighted by Gasteiger charge is -1.79. The molecule has 0 unspecified atom stereocenters. The van der Waals surface area contributed by atoms with Crippen molar-refractivity contribution in [3.8, 4) is 0 Å². The first kappa shape index (κ1) is 6.70. The SMILES string of the molecule is CC[CH]C=CCO. The second-order valence-electron chi connectivity index (χ2n) is 1.25. The predicted molar refractivity (Wildman–Crippen MR) is 30.8 cm³/mol. The molecule has 1 N–H and O–H groups in total. The van der Waals surface area contributed by atoms with Crippen LogP contribution in [0.3, 0.4) is 0 Å². The van der Waals surface area contributed by atoms with E-state index < -0.39 is 0 Å². The van der Waals surface area contributed by atoms with E-state index in [-0.39, 0.29) is 6.61 Å². The van der Waals surface area contributed by atoms with Gasteiger partial charge in [-0.1, -0.05) is 19.1 Å². The predicted octanol–water partition coefficient (Wildman–Crippen LogP) is 1.15.